The van der Waals surface area contributed by atoms with Gasteiger partial charge in [-0.3, -0.25) is 9.58 Å². The molecule has 124 valence electrons. The summed E-state index contributed by atoms with van der Waals surface area (Å²) in [5.41, 5.74) is -0.947. The number of rotatable bonds is 4. The lowest BCUT2D eigenvalue weighted by Crippen LogP contribution is -2.59. The van der Waals surface area contributed by atoms with Crippen molar-refractivity contribution in [3.63, 3.8) is 0 Å². The Labute approximate surface area is 139 Å². The molecule has 1 aromatic rings. The molecule has 7 nitrogen and oxygen atoms in total. The highest BCUT2D eigenvalue weighted by Gasteiger charge is 2.41. The largest absolute Gasteiger partial charge is 0.387 e. The van der Waals surface area contributed by atoms with Crippen LogP contribution in [0.25, 0.3) is 0 Å². The normalized spacial score (nSPS) is 28.7. The predicted octanol–water partition coefficient (Wildman–Crippen LogP) is 0.289. The third kappa shape index (κ3) is 3.53. The molecule has 3 rings (SSSR count). The second kappa shape index (κ2) is 5.86. The van der Waals surface area contributed by atoms with Gasteiger partial charge in [0.25, 0.3) is 0 Å². The van der Waals surface area contributed by atoms with Crippen LogP contribution in [0.2, 0.25) is 0 Å². The molecule has 3 heterocycles. The van der Waals surface area contributed by atoms with E-state index < -0.39 is 15.6 Å². The zero-order valence-electron chi connectivity index (χ0n) is 12.5. The number of aliphatic hydroxyl groups is 1. The summed E-state index contributed by atoms with van der Waals surface area (Å²) in [7, 11) is -3.24. The zero-order valence-corrected chi connectivity index (χ0v) is 14.9. The van der Waals surface area contributed by atoms with Gasteiger partial charge in [0.1, 0.15) is 0 Å². The van der Waals surface area contributed by atoms with Crippen LogP contribution in [0, 0.1) is 0 Å². The number of β-amino-alcohol motifs (C(OH)–C–C–N with tert-alkyl or cyclic N) is 1. The van der Waals surface area contributed by atoms with Gasteiger partial charge in [-0.2, -0.15) is 9.40 Å². The molecule has 2 fully saturated rings. The fraction of sp³-hybridized carbons (Fsp3) is 0.769. The van der Waals surface area contributed by atoms with Crippen LogP contribution >= 0.6 is 15.9 Å². The summed E-state index contributed by atoms with van der Waals surface area (Å²) in [4.78, 5) is 2.16. The van der Waals surface area contributed by atoms with Crippen LogP contribution in [0.4, 0.5) is 0 Å². The highest BCUT2D eigenvalue weighted by Crippen LogP contribution is 2.28. The molecule has 0 radical (unpaired) electrons. The van der Waals surface area contributed by atoms with Crippen LogP contribution in [0.5, 0.6) is 0 Å². The second-order valence-corrected chi connectivity index (χ2v) is 9.31. The number of sulfonamides is 1. The molecule has 2 aliphatic rings. The summed E-state index contributed by atoms with van der Waals surface area (Å²) in [5, 5.41) is 15.0. The molecule has 1 atom stereocenters. The van der Waals surface area contributed by atoms with E-state index in [2.05, 4.69) is 25.9 Å². The number of piperidine rings is 1. The van der Waals surface area contributed by atoms with Gasteiger partial charge in [-0.1, -0.05) is 0 Å². The lowest BCUT2D eigenvalue weighted by atomic mass is 9.92. The van der Waals surface area contributed by atoms with Crippen molar-refractivity contribution in [2.24, 2.45) is 0 Å². The second-order valence-electron chi connectivity index (χ2n) is 6.41. The summed E-state index contributed by atoms with van der Waals surface area (Å²) >= 11 is 3.38. The van der Waals surface area contributed by atoms with Gasteiger partial charge in [0.15, 0.2) is 0 Å². The minimum absolute atomic E-state index is 0.195. The van der Waals surface area contributed by atoms with Gasteiger partial charge in [-0.05, 0) is 28.8 Å². The van der Waals surface area contributed by atoms with Crippen LogP contribution in [0.3, 0.4) is 0 Å². The molecule has 1 N–H and O–H groups in total. The van der Waals surface area contributed by atoms with Crippen molar-refractivity contribution in [3.05, 3.63) is 16.9 Å². The van der Waals surface area contributed by atoms with Gasteiger partial charge in [0.2, 0.25) is 10.0 Å². The van der Waals surface area contributed by atoms with E-state index in [0.717, 1.165) is 17.6 Å². The van der Waals surface area contributed by atoms with Crippen molar-refractivity contribution in [1.82, 2.24) is 19.0 Å². The third-order valence-corrected chi connectivity index (χ3v) is 6.05. The van der Waals surface area contributed by atoms with E-state index >= 15 is 0 Å². The summed E-state index contributed by atoms with van der Waals surface area (Å²) in [5.74, 6) is 0. The number of halogens is 1. The minimum atomic E-state index is -3.24. The molecule has 2 aliphatic heterocycles. The Balaban J connectivity index is 1.55. The van der Waals surface area contributed by atoms with Gasteiger partial charge in [0.05, 0.1) is 28.6 Å². The highest BCUT2D eigenvalue weighted by atomic mass is 79.9. The van der Waals surface area contributed by atoms with Gasteiger partial charge in [0, 0.05) is 38.9 Å². The minimum Gasteiger partial charge on any atom is -0.387 e. The van der Waals surface area contributed by atoms with E-state index in [1.807, 2.05) is 10.9 Å². The number of hydrogen-bond donors (Lipinski definition) is 1. The van der Waals surface area contributed by atoms with Gasteiger partial charge >= 0.3 is 0 Å². The van der Waals surface area contributed by atoms with Crippen molar-refractivity contribution >= 4 is 26.0 Å². The van der Waals surface area contributed by atoms with Gasteiger partial charge in [-0.25, -0.2) is 8.42 Å². The van der Waals surface area contributed by atoms with Crippen LogP contribution in [0.1, 0.15) is 18.9 Å². The molecular formula is C13H21BrN4O3S. The van der Waals surface area contributed by atoms with Crippen molar-refractivity contribution < 1.29 is 13.5 Å². The van der Waals surface area contributed by atoms with E-state index in [9.17, 15) is 13.5 Å². The van der Waals surface area contributed by atoms with Crippen LogP contribution < -0.4 is 0 Å². The van der Waals surface area contributed by atoms with E-state index in [1.54, 1.807) is 6.20 Å². The Bertz CT molecular complexity index is 643. The first-order chi connectivity index (χ1) is 10.3. The summed E-state index contributed by atoms with van der Waals surface area (Å²) < 4.78 is 27.6. The Morgan fingerprint density at radius 2 is 2.23 bits per heavy atom. The lowest BCUT2D eigenvalue weighted by molar-refractivity contribution is -0.0580. The molecule has 0 aliphatic carbocycles. The first-order valence-electron chi connectivity index (χ1n) is 7.35. The standard InChI is InChI=1S/C13H21BrN4O3S/c1-22(20,21)17-4-2-3-13(19,10-17)9-16-7-12(8-16)18-6-11(14)5-15-18/h5-6,12,19H,2-4,7-10H2,1H3. The number of likely N-dealkylation sites (tertiary alicyclic amines) is 1. The molecular weight excluding hydrogens is 372 g/mol. The fourth-order valence-electron chi connectivity index (χ4n) is 3.25. The topological polar surface area (TPSA) is 78.7 Å². The molecule has 2 saturated heterocycles. The number of hydrogen-bond acceptors (Lipinski definition) is 5. The van der Waals surface area contributed by atoms with E-state index in [0.29, 0.717) is 32.0 Å². The maximum absolute atomic E-state index is 11.7. The molecule has 0 bridgehead atoms. The molecule has 0 amide bonds. The molecule has 0 saturated carbocycles. The van der Waals surface area contributed by atoms with Crippen molar-refractivity contribution in [3.8, 4) is 0 Å². The molecule has 1 aromatic heterocycles. The molecule has 9 heteroatoms. The van der Waals surface area contributed by atoms with Crippen molar-refractivity contribution in [1.29, 1.82) is 0 Å². The average molecular weight is 393 g/mol. The summed E-state index contributed by atoms with van der Waals surface area (Å²) in [6.45, 7) is 2.87. The number of nitrogens with zero attached hydrogens (tertiary/aromatic N) is 4. The monoisotopic (exact) mass is 392 g/mol. The Hall–Kier alpha value is -0.480. The maximum Gasteiger partial charge on any atom is 0.211 e. The predicted molar refractivity (Wildman–Crippen MR) is 86.0 cm³/mol. The lowest BCUT2D eigenvalue weighted by Gasteiger charge is -2.46. The molecule has 0 spiro atoms. The van der Waals surface area contributed by atoms with E-state index in [4.69, 9.17) is 0 Å². The first-order valence-corrected chi connectivity index (χ1v) is 9.99. The Morgan fingerprint density at radius 3 is 2.82 bits per heavy atom. The highest BCUT2D eigenvalue weighted by molar-refractivity contribution is 9.10. The van der Waals surface area contributed by atoms with E-state index in [1.165, 1.54) is 10.6 Å². The van der Waals surface area contributed by atoms with Crippen molar-refractivity contribution in [2.75, 3.05) is 39.0 Å². The summed E-state index contributed by atoms with van der Waals surface area (Å²) in [6.07, 6.45) is 6.26. The number of aromatic nitrogens is 2. The third-order valence-electron chi connectivity index (χ3n) is 4.39. The van der Waals surface area contributed by atoms with Crippen LogP contribution in [0.15, 0.2) is 16.9 Å². The Morgan fingerprint density at radius 1 is 1.50 bits per heavy atom. The average Bonchev–Trinajstić information content (AvgIpc) is 2.78. The fourth-order valence-corrected chi connectivity index (χ4v) is 4.49. The smallest absolute Gasteiger partial charge is 0.211 e. The van der Waals surface area contributed by atoms with Crippen molar-refractivity contribution in [2.45, 2.75) is 24.5 Å². The first kappa shape index (κ1) is 16.4. The van der Waals surface area contributed by atoms with Gasteiger partial charge in [-0.15, -0.1) is 0 Å². The van der Waals surface area contributed by atoms with Gasteiger partial charge < -0.3 is 5.11 Å². The summed E-state index contributed by atoms with van der Waals surface area (Å²) in [6, 6.07) is 0.324. The van der Waals surface area contributed by atoms with Crippen LogP contribution in [-0.2, 0) is 10.0 Å². The quantitative estimate of drug-likeness (QED) is 0.796. The van der Waals surface area contributed by atoms with Crippen LogP contribution in [-0.4, -0.2) is 77.1 Å². The molecule has 0 aromatic carbocycles. The SMILES string of the molecule is CS(=O)(=O)N1CCCC(O)(CN2CC(n3cc(Br)cn3)C2)C1. The van der Waals surface area contributed by atoms with E-state index in [-0.39, 0.29) is 6.54 Å². The molecule has 1 unspecified atom stereocenters. The Kier molecular flexibility index (Phi) is 4.36. The maximum atomic E-state index is 11.7. The molecule has 22 heavy (non-hydrogen) atoms. The zero-order chi connectivity index (χ0) is 16.0.